The summed E-state index contributed by atoms with van der Waals surface area (Å²) in [5.74, 6) is -1.98. The van der Waals surface area contributed by atoms with Gasteiger partial charge in [0.1, 0.15) is 17.3 Å². The maximum atomic E-state index is 11.8. The van der Waals surface area contributed by atoms with Crippen LogP contribution in [0.4, 0.5) is 0 Å². The Morgan fingerprint density at radius 2 is 2.05 bits per heavy atom. The van der Waals surface area contributed by atoms with Crippen molar-refractivity contribution in [1.82, 2.24) is 14.8 Å². The molecule has 21 heavy (non-hydrogen) atoms. The molecule has 8 nitrogen and oxygen atoms in total. The molecule has 0 unspecified atom stereocenters. The van der Waals surface area contributed by atoms with Crippen LogP contribution in [-0.4, -0.2) is 38.9 Å². The molecule has 0 saturated carbocycles. The van der Waals surface area contributed by atoms with Crippen molar-refractivity contribution in [2.24, 2.45) is 5.92 Å². The number of hydrogen-bond donors (Lipinski definition) is 2. The van der Waals surface area contributed by atoms with E-state index < -0.39 is 23.5 Å². The van der Waals surface area contributed by atoms with Gasteiger partial charge in [-0.2, -0.15) is 5.10 Å². The Labute approximate surface area is 119 Å². The van der Waals surface area contributed by atoms with E-state index in [0.717, 1.165) is 0 Å². The standard InChI is InChI=1S/C13H15N3O5/c1-6(2)10(12(18)19)16-4-7-9(14-15-11(7)17)8(5-16)13(20)21-3/h4-6,10H,1-3H3,(H,15,17)(H,18,19)/t10-/m1/s1. The normalized spacial score (nSPS) is 12.6. The number of nitrogens with zero attached hydrogens (tertiary/aromatic N) is 2. The lowest BCUT2D eigenvalue weighted by atomic mass is 10.0. The molecule has 1 atom stereocenters. The smallest absolute Gasteiger partial charge is 0.341 e. The second-order valence-electron chi connectivity index (χ2n) is 4.95. The van der Waals surface area contributed by atoms with E-state index in [2.05, 4.69) is 14.9 Å². The van der Waals surface area contributed by atoms with E-state index in [1.54, 1.807) is 13.8 Å². The molecular formula is C13H15N3O5. The number of aromatic nitrogens is 3. The minimum Gasteiger partial charge on any atom is -0.480 e. The Bertz CT molecular complexity index is 715. The number of carboxylic acids is 1. The van der Waals surface area contributed by atoms with Gasteiger partial charge in [-0.3, -0.25) is 4.79 Å². The average Bonchev–Trinajstić information content (AvgIpc) is 2.78. The Balaban J connectivity index is 2.72. The number of fused-ring (bicyclic) bond motifs is 1. The molecule has 2 heterocycles. The number of hydrogen-bond acceptors (Lipinski definition) is 5. The number of carbonyl (C=O) groups excluding carboxylic acids is 1. The lowest BCUT2D eigenvalue weighted by molar-refractivity contribution is -0.142. The van der Waals surface area contributed by atoms with Crippen molar-refractivity contribution in [3.63, 3.8) is 0 Å². The highest BCUT2D eigenvalue weighted by atomic mass is 16.5. The minimum atomic E-state index is -1.05. The topological polar surface area (TPSA) is 114 Å². The van der Waals surface area contributed by atoms with E-state index in [9.17, 15) is 19.5 Å². The third-order valence-electron chi connectivity index (χ3n) is 3.19. The van der Waals surface area contributed by atoms with E-state index in [1.807, 2.05) is 0 Å². The van der Waals surface area contributed by atoms with E-state index in [1.165, 1.54) is 24.1 Å². The number of methoxy groups -OCH3 is 1. The lowest BCUT2D eigenvalue weighted by Gasteiger charge is -2.21. The molecule has 0 saturated heterocycles. The average molecular weight is 293 g/mol. The van der Waals surface area contributed by atoms with Crippen LogP contribution in [0.5, 0.6) is 0 Å². The Hall–Kier alpha value is -2.64. The zero-order valence-corrected chi connectivity index (χ0v) is 11.8. The molecule has 0 aliphatic carbocycles. The molecule has 2 rings (SSSR count). The lowest BCUT2D eigenvalue weighted by Crippen LogP contribution is -2.25. The predicted octanol–water partition coefficient (Wildman–Crippen LogP) is 0.744. The molecule has 0 aromatic carbocycles. The minimum absolute atomic E-state index is 0.0419. The molecule has 0 amide bonds. The van der Waals surface area contributed by atoms with Crippen LogP contribution >= 0.6 is 0 Å². The zero-order chi connectivity index (χ0) is 15.7. The number of carbonyl (C=O) groups is 2. The van der Waals surface area contributed by atoms with Crippen LogP contribution in [0.2, 0.25) is 0 Å². The number of carboxylic acid groups (broad SMARTS) is 1. The van der Waals surface area contributed by atoms with Gasteiger partial charge >= 0.3 is 11.9 Å². The molecule has 112 valence electrons. The number of rotatable bonds is 4. The van der Waals surface area contributed by atoms with Gasteiger partial charge < -0.3 is 14.4 Å². The van der Waals surface area contributed by atoms with Crippen LogP contribution in [-0.2, 0) is 9.53 Å². The number of pyridine rings is 1. The molecular weight excluding hydrogens is 278 g/mol. The summed E-state index contributed by atoms with van der Waals surface area (Å²) in [5.41, 5.74) is -0.140. The molecule has 8 heteroatoms. The van der Waals surface area contributed by atoms with Crippen LogP contribution in [0.3, 0.4) is 0 Å². The van der Waals surface area contributed by atoms with Gasteiger partial charge in [-0.15, -0.1) is 0 Å². The van der Waals surface area contributed by atoms with Gasteiger partial charge in [0.05, 0.1) is 12.7 Å². The fraction of sp³-hybridized carbons (Fsp3) is 0.385. The van der Waals surface area contributed by atoms with Crippen molar-refractivity contribution >= 4 is 11.9 Å². The van der Waals surface area contributed by atoms with Crippen LogP contribution in [0.25, 0.3) is 11.3 Å². The predicted molar refractivity (Wildman–Crippen MR) is 72.3 cm³/mol. The molecule has 0 aromatic rings. The van der Waals surface area contributed by atoms with Gasteiger partial charge in [0.15, 0.2) is 0 Å². The fourth-order valence-electron chi connectivity index (χ4n) is 2.23. The number of ether oxygens (including phenoxy) is 1. The Morgan fingerprint density at radius 1 is 1.38 bits per heavy atom. The molecule has 0 radical (unpaired) electrons. The summed E-state index contributed by atoms with van der Waals surface area (Å²) in [6.07, 6.45) is 2.72. The van der Waals surface area contributed by atoms with Crippen LogP contribution < -0.4 is 5.56 Å². The Kier molecular flexibility index (Phi) is 3.79. The van der Waals surface area contributed by atoms with E-state index in [4.69, 9.17) is 0 Å². The van der Waals surface area contributed by atoms with Crippen LogP contribution in [0.1, 0.15) is 30.2 Å². The number of aliphatic carboxylic acids is 1. The van der Waals surface area contributed by atoms with Gasteiger partial charge in [0.2, 0.25) is 0 Å². The maximum absolute atomic E-state index is 11.8. The molecule has 0 bridgehead atoms. The first-order valence-electron chi connectivity index (χ1n) is 6.27. The second kappa shape index (κ2) is 5.39. The van der Waals surface area contributed by atoms with E-state index in [0.29, 0.717) is 0 Å². The van der Waals surface area contributed by atoms with Crippen LogP contribution in [0, 0.1) is 5.92 Å². The highest BCUT2D eigenvalue weighted by Crippen LogP contribution is 2.25. The molecule has 0 spiro atoms. The van der Waals surface area contributed by atoms with Crippen molar-refractivity contribution in [3.8, 4) is 11.3 Å². The number of esters is 1. The van der Waals surface area contributed by atoms with Gasteiger partial charge in [-0.25, -0.2) is 14.7 Å². The quantitative estimate of drug-likeness (QED) is 0.804. The first-order valence-corrected chi connectivity index (χ1v) is 6.27. The SMILES string of the molecule is COC(=O)c1cn([C@@H](C(=O)O)C(C)C)cc2c(=O)[nH]nc1-2. The monoisotopic (exact) mass is 293 g/mol. The van der Waals surface area contributed by atoms with E-state index in [-0.39, 0.29) is 22.7 Å². The summed E-state index contributed by atoms with van der Waals surface area (Å²) in [5, 5.41) is 15.4. The van der Waals surface area contributed by atoms with Gasteiger partial charge in [0.25, 0.3) is 5.56 Å². The first kappa shape index (κ1) is 14.8. The first-order chi connectivity index (χ1) is 9.86. The third-order valence-corrected chi connectivity index (χ3v) is 3.19. The largest absolute Gasteiger partial charge is 0.480 e. The van der Waals surface area contributed by atoms with Crippen molar-refractivity contribution in [1.29, 1.82) is 0 Å². The second-order valence-corrected chi connectivity index (χ2v) is 4.95. The summed E-state index contributed by atoms with van der Waals surface area (Å²) < 4.78 is 5.99. The van der Waals surface area contributed by atoms with Crippen molar-refractivity contribution < 1.29 is 19.4 Å². The summed E-state index contributed by atoms with van der Waals surface area (Å²) >= 11 is 0. The summed E-state index contributed by atoms with van der Waals surface area (Å²) in [4.78, 5) is 35.0. The number of H-pyrrole nitrogens is 1. The van der Waals surface area contributed by atoms with Crippen molar-refractivity contribution in [2.75, 3.05) is 7.11 Å². The summed E-state index contributed by atoms with van der Waals surface area (Å²) in [6.45, 7) is 3.47. The molecule has 0 aromatic heterocycles. The highest BCUT2D eigenvalue weighted by Gasteiger charge is 2.28. The molecule has 2 aliphatic rings. The summed E-state index contributed by atoms with van der Waals surface area (Å²) in [7, 11) is 1.20. The fourth-order valence-corrected chi connectivity index (χ4v) is 2.23. The highest BCUT2D eigenvalue weighted by molar-refractivity contribution is 5.96. The Morgan fingerprint density at radius 3 is 2.57 bits per heavy atom. The summed E-state index contributed by atoms with van der Waals surface area (Å²) in [6, 6.07) is -0.910. The molecule has 2 N–H and O–H groups in total. The van der Waals surface area contributed by atoms with Crippen LogP contribution in [0.15, 0.2) is 17.2 Å². The van der Waals surface area contributed by atoms with Gasteiger partial charge in [0, 0.05) is 12.4 Å². The molecule has 2 aliphatic heterocycles. The van der Waals surface area contributed by atoms with E-state index >= 15 is 0 Å². The maximum Gasteiger partial charge on any atom is 0.341 e. The molecule has 0 fully saturated rings. The van der Waals surface area contributed by atoms with Crippen molar-refractivity contribution in [2.45, 2.75) is 19.9 Å². The third kappa shape index (κ3) is 2.51. The number of aromatic amines is 1. The van der Waals surface area contributed by atoms with Crippen molar-refractivity contribution in [3.05, 3.63) is 28.3 Å². The van der Waals surface area contributed by atoms with Gasteiger partial charge in [-0.1, -0.05) is 13.8 Å². The zero-order valence-electron chi connectivity index (χ0n) is 11.8. The van der Waals surface area contributed by atoms with Gasteiger partial charge in [-0.05, 0) is 5.92 Å². The number of nitrogens with one attached hydrogen (secondary N) is 1.